The minimum absolute atomic E-state index is 0.0172. The molecule has 1 aromatic heterocycles. The van der Waals surface area contributed by atoms with Gasteiger partial charge in [-0.05, 0) is 25.1 Å². The van der Waals surface area contributed by atoms with Gasteiger partial charge >= 0.3 is 5.97 Å². The number of furan rings is 1. The highest BCUT2D eigenvalue weighted by molar-refractivity contribution is 6.28. The Kier molecular flexibility index (Phi) is 4.02. The first-order valence-corrected chi connectivity index (χ1v) is 8.35. The van der Waals surface area contributed by atoms with Crippen molar-refractivity contribution in [2.24, 2.45) is 0 Å². The number of esters is 1. The summed E-state index contributed by atoms with van der Waals surface area (Å²) in [6.45, 7) is 2.45. The molecule has 0 unspecified atom stereocenters. The van der Waals surface area contributed by atoms with Crippen molar-refractivity contribution in [2.75, 3.05) is 19.8 Å². The quantitative estimate of drug-likeness (QED) is 0.389. The van der Waals surface area contributed by atoms with Crippen LogP contribution in [0.25, 0.3) is 0 Å². The maximum absolute atomic E-state index is 12.8. The van der Waals surface area contributed by atoms with E-state index in [9.17, 15) is 19.2 Å². The van der Waals surface area contributed by atoms with Crippen LogP contribution in [0.1, 0.15) is 55.9 Å². The zero-order valence-corrected chi connectivity index (χ0v) is 14.3. The summed E-state index contributed by atoms with van der Waals surface area (Å²) in [5.74, 6) is -2.09. The molecule has 8 nitrogen and oxygen atoms in total. The van der Waals surface area contributed by atoms with Gasteiger partial charge in [-0.25, -0.2) is 0 Å². The number of rotatable bonds is 4. The average molecular weight is 370 g/mol. The Hall–Kier alpha value is -3.42. The molecule has 0 atom stereocenters. The number of hydrogen-bond donors (Lipinski definition) is 0. The van der Waals surface area contributed by atoms with Crippen LogP contribution < -0.4 is 9.47 Å². The van der Waals surface area contributed by atoms with Crippen molar-refractivity contribution in [3.05, 3.63) is 46.4 Å². The minimum Gasteiger partial charge on any atom is -0.486 e. The number of carbonyl (C=O) groups excluding carboxylic acids is 4. The van der Waals surface area contributed by atoms with Gasteiger partial charge in [-0.15, -0.1) is 0 Å². The highest BCUT2D eigenvalue weighted by Gasteiger charge is 2.36. The number of carbonyl (C=O) groups is 4. The molecule has 2 aliphatic rings. The van der Waals surface area contributed by atoms with Crippen LogP contribution >= 0.6 is 0 Å². The molecule has 0 fully saturated rings. The van der Waals surface area contributed by atoms with Crippen molar-refractivity contribution in [3.63, 3.8) is 0 Å². The molecule has 0 radical (unpaired) electrons. The first kappa shape index (κ1) is 17.0. The lowest BCUT2D eigenvalue weighted by Crippen LogP contribution is -2.22. The number of fused-ring (bicyclic) bond motifs is 3. The Morgan fingerprint density at radius 2 is 1.59 bits per heavy atom. The Balaban J connectivity index is 1.70. The predicted molar refractivity (Wildman–Crippen MR) is 88.6 cm³/mol. The van der Waals surface area contributed by atoms with E-state index in [-0.39, 0.29) is 34.8 Å². The number of ether oxygens (including phenoxy) is 3. The monoisotopic (exact) mass is 370 g/mol. The first-order valence-electron chi connectivity index (χ1n) is 8.35. The summed E-state index contributed by atoms with van der Waals surface area (Å²) in [6.07, 6.45) is -0.536. The first-order chi connectivity index (χ1) is 13.0. The van der Waals surface area contributed by atoms with E-state index in [0.717, 1.165) is 0 Å². The summed E-state index contributed by atoms with van der Waals surface area (Å²) < 4.78 is 21.0. The van der Waals surface area contributed by atoms with Gasteiger partial charge in [0.2, 0.25) is 11.6 Å². The zero-order chi connectivity index (χ0) is 19.1. The van der Waals surface area contributed by atoms with Crippen molar-refractivity contribution in [1.29, 1.82) is 0 Å². The van der Waals surface area contributed by atoms with Crippen LogP contribution in [0.15, 0.2) is 22.6 Å². The third-order valence-corrected chi connectivity index (χ3v) is 4.24. The smallest absolute Gasteiger partial charge is 0.313 e. The molecule has 1 aromatic carbocycles. The van der Waals surface area contributed by atoms with E-state index in [1.54, 1.807) is 6.92 Å². The third-order valence-electron chi connectivity index (χ3n) is 4.24. The maximum atomic E-state index is 12.8. The third kappa shape index (κ3) is 2.79. The average Bonchev–Trinajstić information content (AvgIpc) is 3.11. The fourth-order valence-electron chi connectivity index (χ4n) is 3.03. The van der Waals surface area contributed by atoms with E-state index in [4.69, 9.17) is 18.6 Å². The van der Waals surface area contributed by atoms with Gasteiger partial charge in [-0.2, -0.15) is 0 Å². The summed E-state index contributed by atoms with van der Waals surface area (Å²) in [6, 6.07) is 4.09. The van der Waals surface area contributed by atoms with E-state index in [0.29, 0.717) is 24.7 Å². The molecular weight excluding hydrogens is 356 g/mol. The van der Waals surface area contributed by atoms with Crippen molar-refractivity contribution in [1.82, 2.24) is 0 Å². The number of benzene rings is 1. The van der Waals surface area contributed by atoms with Crippen molar-refractivity contribution < 1.29 is 37.8 Å². The molecule has 27 heavy (non-hydrogen) atoms. The lowest BCUT2D eigenvalue weighted by atomic mass is 9.88. The normalized spacial score (nSPS) is 14.4. The molecule has 4 rings (SSSR count). The van der Waals surface area contributed by atoms with E-state index < -0.39 is 29.7 Å². The van der Waals surface area contributed by atoms with Crippen LogP contribution in [0, 0.1) is 0 Å². The van der Waals surface area contributed by atoms with Crippen molar-refractivity contribution >= 4 is 23.3 Å². The highest BCUT2D eigenvalue weighted by Crippen LogP contribution is 2.38. The number of Topliss-reactive ketones (excluding diaryl/α,β-unsaturated/α-hetero) is 1. The van der Waals surface area contributed by atoms with Crippen LogP contribution in [-0.4, -0.2) is 43.1 Å². The summed E-state index contributed by atoms with van der Waals surface area (Å²) in [4.78, 5) is 49.2. The molecule has 2 heterocycles. The molecule has 2 aromatic rings. The van der Waals surface area contributed by atoms with Gasteiger partial charge in [0.1, 0.15) is 19.6 Å². The topological polar surface area (TPSA) is 109 Å². The van der Waals surface area contributed by atoms with Gasteiger partial charge < -0.3 is 18.6 Å². The summed E-state index contributed by atoms with van der Waals surface area (Å²) >= 11 is 0. The second-order valence-electron chi connectivity index (χ2n) is 5.96. The standard InChI is InChI=1S/C19H14O8/c1-2-24-16(21)8-12(20)13-7-11-17(22)9-5-14-15(26-4-3-25-14)6-10(9)18(23)19(11)27-13/h5-7H,2-4,8H2,1H3. The second kappa shape index (κ2) is 6.39. The molecule has 0 saturated carbocycles. The van der Waals surface area contributed by atoms with Gasteiger partial charge in [0, 0.05) is 11.1 Å². The van der Waals surface area contributed by atoms with Crippen LogP contribution in [0.4, 0.5) is 0 Å². The molecular formula is C19H14O8. The highest BCUT2D eigenvalue weighted by atomic mass is 16.6. The van der Waals surface area contributed by atoms with Crippen LogP contribution in [0.3, 0.4) is 0 Å². The molecule has 1 aliphatic carbocycles. The summed E-state index contributed by atoms with van der Waals surface area (Å²) in [5.41, 5.74) is 0.258. The van der Waals surface area contributed by atoms with Crippen LogP contribution in [-0.2, 0) is 9.53 Å². The largest absolute Gasteiger partial charge is 0.486 e. The lowest BCUT2D eigenvalue weighted by molar-refractivity contribution is -0.142. The Labute approximate surface area is 153 Å². The molecule has 0 N–H and O–H groups in total. The fraction of sp³-hybridized carbons (Fsp3) is 0.263. The van der Waals surface area contributed by atoms with Gasteiger partial charge in [0.05, 0.1) is 12.2 Å². The second-order valence-corrected chi connectivity index (χ2v) is 5.96. The van der Waals surface area contributed by atoms with Crippen molar-refractivity contribution in [2.45, 2.75) is 13.3 Å². The van der Waals surface area contributed by atoms with Crippen LogP contribution in [0.5, 0.6) is 11.5 Å². The Morgan fingerprint density at radius 1 is 0.963 bits per heavy atom. The fourth-order valence-corrected chi connectivity index (χ4v) is 3.03. The zero-order valence-electron chi connectivity index (χ0n) is 14.3. The maximum Gasteiger partial charge on any atom is 0.313 e. The number of ketones is 3. The van der Waals surface area contributed by atoms with E-state index in [2.05, 4.69) is 0 Å². The molecule has 0 amide bonds. The Morgan fingerprint density at radius 3 is 2.22 bits per heavy atom. The van der Waals surface area contributed by atoms with E-state index >= 15 is 0 Å². The Bertz CT molecular complexity index is 935. The van der Waals surface area contributed by atoms with Crippen molar-refractivity contribution in [3.8, 4) is 11.5 Å². The predicted octanol–water partition coefficient (Wildman–Crippen LogP) is 1.96. The SMILES string of the molecule is CCOC(=O)CC(=O)c1cc2c(o1)C(=O)c1cc3c(cc1C2=O)OCCO3. The molecule has 0 spiro atoms. The molecule has 1 aliphatic heterocycles. The molecule has 0 bridgehead atoms. The van der Waals surface area contributed by atoms with E-state index in [1.165, 1.54) is 18.2 Å². The summed E-state index contributed by atoms with van der Waals surface area (Å²) in [7, 11) is 0. The molecule has 8 heteroatoms. The molecule has 138 valence electrons. The lowest BCUT2D eigenvalue weighted by Gasteiger charge is -2.21. The van der Waals surface area contributed by atoms with E-state index in [1.807, 2.05) is 0 Å². The van der Waals surface area contributed by atoms with Gasteiger partial charge in [0.15, 0.2) is 28.8 Å². The van der Waals surface area contributed by atoms with Gasteiger partial charge in [0.25, 0.3) is 0 Å². The molecule has 0 saturated heterocycles. The van der Waals surface area contributed by atoms with Crippen LogP contribution in [0.2, 0.25) is 0 Å². The minimum atomic E-state index is -0.709. The van der Waals surface area contributed by atoms with Gasteiger partial charge in [-0.1, -0.05) is 0 Å². The van der Waals surface area contributed by atoms with Gasteiger partial charge in [-0.3, -0.25) is 19.2 Å². The number of hydrogen-bond acceptors (Lipinski definition) is 8. The summed E-state index contributed by atoms with van der Waals surface area (Å²) in [5, 5.41) is 0.